The van der Waals surface area contributed by atoms with Crippen LogP contribution in [0, 0.1) is 5.82 Å². The smallest absolute Gasteiger partial charge is 0.244 e. The summed E-state index contributed by atoms with van der Waals surface area (Å²) in [5, 5.41) is 2.89. The number of carbonyl (C=O) groups excluding carboxylic acids is 1. The van der Waals surface area contributed by atoms with Crippen LogP contribution in [0.25, 0.3) is 0 Å². The van der Waals surface area contributed by atoms with E-state index < -0.39 is 27.8 Å². The van der Waals surface area contributed by atoms with Gasteiger partial charge in [-0.15, -0.1) is 0 Å². The van der Waals surface area contributed by atoms with E-state index in [0.29, 0.717) is 15.1 Å². The Morgan fingerprint density at radius 2 is 1.74 bits per heavy atom. The van der Waals surface area contributed by atoms with Crippen molar-refractivity contribution in [2.75, 3.05) is 7.05 Å². The monoisotopic (exact) mass is 524 g/mol. The van der Waals surface area contributed by atoms with Gasteiger partial charge in [0.05, 0.1) is 4.90 Å². The van der Waals surface area contributed by atoms with Crippen molar-refractivity contribution in [1.82, 2.24) is 9.62 Å². The maximum Gasteiger partial charge on any atom is 0.244 e. The number of hydrogen-bond donors (Lipinski definition) is 1. The van der Waals surface area contributed by atoms with Gasteiger partial charge in [0.15, 0.2) is 0 Å². The fourth-order valence-corrected chi connectivity index (χ4v) is 5.11. The van der Waals surface area contributed by atoms with E-state index in [0.717, 1.165) is 4.31 Å². The van der Waals surface area contributed by atoms with Crippen LogP contribution in [0.15, 0.2) is 82.2 Å². The van der Waals surface area contributed by atoms with Gasteiger partial charge >= 0.3 is 0 Å². The van der Waals surface area contributed by atoms with Crippen molar-refractivity contribution >= 4 is 43.5 Å². The molecule has 1 atom stereocenters. The van der Waals surface area contributed by atoms with Gasteiger partial charge in [-0.3, -0.25) is 4.79 Å². The molecule has 3 rings (SSSR count). The van der Waals surface area contributed by atoms with Gasteiger partial charge in [0.25, 0.3) is 0 Å². The second-order valence-electron chi connectivity index (χ2n) is 6.67. The summed E-state index contributed by atoms with van der Waals surface area (Å²) < 4.78 is 43.4. The van der Waals surface area contributed by atoms with E-state index in [4.69, 9.17) is 11.6 Å². The number of benzene rings is 3. The van der Waals surface area contributed by atoms with Crippen molar-refractivity contribution in [1.29, 1.82) is 0 Å². The lowest BCUT2D eigenvalue weighted by molar-refractivity contribution is -0.124. The molecule has 0 heterocycles. The molecule has 0 bridgehead atoms. The van der Waals surface area contributed by atoms with Crippen molar-refractivity contribution < 1.29 is 17.6 Å². The minimum Gasteiger partial charge on any atom is -0.357 e. The Kier molecular flexibility index (Phi) is 7.48. The summed E-state index contributed by atoms with van der Waals surface area (Å²) in [6.45, 7) is -0.350. The first kappa shape index (κ1) is 23.4. The zero-order chi connectivity index (χ0) is 22.6. The third-order valence-corrected chi connectivity index (χ3v) is 7.23. The highest BCUT2D eigenvalue weighted by atomic mass is 79.9. The molecule has 1 amide bonds. The highest BCUT2D eigenvalue weighted by Crippen LogP contribution is 2.31. The molecule has 162 valence electrons. The normalized spacial score (nSPS) is 12.5. The molecule has 0 aliphatic carbocycles. The van der Waals surface area contributed by atoms with Gasteiger partial charge in [0.2, 0.25) is 15.9 Å². The molecule has 0 saturated carbocycles. The zero-order valence-corrected chi connectivity index (χ0v) is 19.6. The Balaban J connectivity index is 2.18. The van der Waals surface area contributed by atoms with E-state index in [-0.39, 0.29) is 17.0 Å². The molecule has 0 spiro atoms. The molecule has 0 saturated heterocycles. The van der Waals surface area contributed by atoms with E-state index >= 15 is 0 Å². The van der Waals surface area contributed by atoms with Crippen LogP contribution in [-0.2, 0) is 21.4 Å². The first-order chi connectivity index (χ1) is 14.7. The predicted octanol–water partition coefficient (Wildman–Crippen LogP) is 4.92. The molecule has 3 aromatic carbocycles. The molecule has 1 N–H and O–H groups in total. The topological polar surface area (TPSA) is 66.5 Å². The summed E-state index contributed by atoms with van der Waals surface area (Å²) in [7, 11) is -2.79. The summed E-state index contributed by atoms with van der Waals surface area (Å²) in [4.78, 5) is 12.8. The summed E-state index contributed by atoms with van der Waals surface area (Å²) in [5.41, 5.74) is 0.586. The molecular weight excluding hydrogens is 507 g/mol. The quantitative estimate of drug-likeness (QED) is 0.476. The molecule has 3 aromatic rings. The van der Waals surface area contributed by atoms with Gasteiger partial charge in [-0.05, 0) is 42.0 Å². The standard InChI is InChI=1S/C22H19BrClFN2O3S/c1-26-22(28)21(15-5-3-2-4-6-15)27(14-16-7-8-17(23)13-20(16)25)31(29,30)19-11-9-18(24)10-12-19/h2-13,21H,14H2,1H3,(H,26,28)/t21-/m1/s1. The Labute approximate surface area is 194 Å². The van der Waals surface area contributed by atoms with Gasteiger partial charge in [0, 0.05) is 28.7 Å². The zero-order valence-electron chi connectivity index (χ0n) is 16.4. The molecule has 0 aromatic heterocycles. The Morgan fingerprint density at radius 3 is 2.32 bits per heavy atom. The van der Waals surface area contributed by atoms with Gasteiger partial charge in [-0.1, -0.05) is 63.9 Å². The lowest BCUT2D eigenvalue weighted by Gasteiger charge is -2.30. The Hall–Kier alpha value is -2.26. The van der Waals surface area contributed by atoms with Crippen molar-refractivity contribution in [2.24, 2.45) is 0 Å². The number of nitrogens with one attached hydrogen (secondary N) is 1. The molecule has 0 radical (unpaired) electrons. The van der Waals surface area contributed by atoms with E-state index in [1.807, 2.05) is 0 Å². The number of nitrogens with zero attached hydrogens (tertiary/aromatic N) is 1. The number of hydrogen-bond acceptors (Lipinski definition) is 3. The number of rotatable bonds is 7. The van der Waals surface area contributed by atoms with Crippen LogP contribution in [0.3, 0.4) is 0 Å². The number of sulfonamides is 1. The van der Waals surface area contributed by atoms with E-state index in [1.54, 1.807) is 36.4 Å². The lowest BCUT2D eigenvalue weighted by atomic mass is 10.1. The largest absolute Gasteiger partial charge is 0.357 e. The molecule has 0 aliphatic heterocycles. The summed E-state index contributed by atoms with van der Waals surface area (Å²) in [5.74, 6) is -1.13. The van der Waals surface area contributed by atoms with Crippen molar-refractivity contribution in [3.8, 4) is 0 Å². The first-order valence-corrected chi connectivity index (χ1v) is 11.8. The lowest BCUT2D eigenvalue weighted by Crippen LogP contribution is -2.42. The number of amides is 1. The van der Waals surface area contributed by atoms with Crippen molar-refractivity contribution in [2.45, 2.75) is 17.5 Å². The summed E-state index contributed by atoms with van der Waals surface area (Å²) in [6, 6.07) is 17.2. The van der Waals surface area contributed by atoms with Crippen LogP contribution in [0.2, 0.25) is 5.02 Å². The second kappa shape index (κ2) is 9.91. The van der Waals surface area contributed by atoms with E-state index in [9.17, 15) is 17.6 Å². The Bertz CT molecular complexity index is 1180. The molecule has 5 nitrogen and oxygen atoms in total. The Morgan fingerprint density at radius 1 is 1.10 bits per heavy atom. The molecule has 0 fully saturated rings. The van der Waals surface area contributed by atoms with Gasteiger partial charge in [0.1, 0.15) is 11.9 Å². The summed E-state index contributed by atoms with van der Waals surface area (Å²) in [6.07, 6.45) is 0. The minimum atomic E-state index is -4.21. The second-order valence-corrected chi connectivity index (χ2v) is 9.91. The van der Waals surface area contributed by atoms with Crippen LogP contribution < -0.4 is 5.32 Å². The third kappa shape index (κ3) is 5.33. The fraction of sp³-hybridized carbons (Fsp3) is 0.136. The fourth-order valence-electron chi connectivity index (χ4n) is 3.10. The number of likely N-dealkylation sites (N-methyl/N-ethyl adjacent to an activating group) is 1. The maximum atomic E-state index is 14.6. The van der Waals surface area contributed by atoms with Crippen LogP contribution in [0.5, 0.6) is 0 Å². The SMILES string of the molecule is CNC(=O)[C@@H](c1ccccc1)N(Cc1ccc(Br)cc1F)S(=O)(=O)c1ccc(Cl)cc1. The summed E-state index contributed by atoms with van der Waals surface area (Å²) >= 11 is 9.11. The third-order valence-electron chi connectivity index (χ3n) is 4.66. The van der Waals surface area contributed by atoms with E-state index in [1.165, 1.54) is 43.4 Å². The highest BCUT2D eigenvalue weighted by molar-refractivity contribution is 9.10. The van der Waals surface area contributed by atoms with Crippen LogP contribution in [0.1, 0.15) is 17.2 Å². The predicted molar refractivity (Wildman–Crippen MR) is 122 cm³/mol. The highest BCUT2D eigenvalue weighted by Gasteiger charge is 2.37. The number of carbonyl (C=O) groups is 1. The average molecular weight is 526 g/mol. The minimum absolute atomic E-state index is 0.0562. The maximum absolute atomic E-state index is 14.6. The van der Waals surface area contributed by atoms with Gasteiger partial charge in [-0.25, -0.2) is 12.8 Å². The molecule has 0 aliphatic rings. The van der Waals surface area contributed by atoms with Crippen molar-refractivity contribution in [3.05, 3.63) is 99.2 Å². The van der Waals surface area contributed by atoms with Crippen LogP contribution >= 0.6 is 27.5 Å². The van der Waals surface area contributed by atoms with Crippen molar-refractivity contribution in [3.63, 3.8) is 0 Å². The first-order valence-electron chi connectivity index (χ1n) is 9.22. The van der Waals surface area contributed by atoms with Crippen LogP contribution in [-0.4, -0.2) is 25.7 Å². The molecular formula is C22H19BrClFN2O3S. The molecule has 0 unspecified atom stereocenters. The molecule has 31 heavy (non-hydrogen) atoms. The van der Waals surface area contributed by atoms with Crippen LogP contribution in [0.4, 0.5) is 4.39 Å². The van der Waals surface area contributed by atoms with E-state index in [2.05, 4.69) is 21.2 Å². The average Bonchev–Trinajstić information content (AvgIpc) is 2.75. The van der Waals surface area contributed by atoms with Gasteiger partial charge < -0.3 is 5.32 Å². The van der Waals surface area contributed by atoms with Gasteiger partial charge in [-0.2, -0.15) is 4.31 Å². The number of halogens is 3. The molecule has 9 heteroatoms.